The van der Waals surface area contributed by atoms with Gasteiger partial charge < -0.3 is 25.6 Å². The monoisotopic (exact) mass is 322 g/mol. The first-order valence-electron chi connectivity index (χ1n) is 6.27. The van der Waals surface area contributed by atoms with Gasteiger partial charge in [0.05, 0.1) is 23.6 Å². The fraction of sp³-hybridized carbons (Fsp3) is 0.583. The molecule has 2 aliphatic heterocycles. The largest absolute Gasteiger partial charge is 1.00 e. The second-order valence-corrected chi connectivity index (χ2v) is 5.92. The molecule has 0 aromatic heterocycles. The number of nitrogens with two attached hydrogens (primary N) is 1. The number of thioether (sulfide) groups is 1. The number of aliphatic carboxylic acids is 2. The SMILES string of the molecule is CC[C@@H]1C(=O)N2C(C(=O)[O-])=C(SC[C@H](N)C(=O)O)C[C@H]12.[Na+]. The second-order valence-electron chi connectivity index (χ2n) is 4.81. The first-order chi connectivity index (χ1) is 9.38. The number of carbonyl (C=O) groups excluding carboxylic acids is 2. The topological polar surface area (TPSA) is 124 Å². The summed E-state index contributed by atoms with van der Waals surface area (Å²) in [4.78, 5) is 35.5. The van der Waals surface area contributed by atoms with E-state index < -0.39 is 18.0 Å². The Labute approximate surface area is 148 Å². The molecule has 3 atom stereocenters. The molecule has 0 spiro atoms. The number of amides is 1. The minimum Gasteiger partial charge on any atom is -0.543 e. The van der Waals surface area contributed by atoms with Crippen LogP contribution in [0.15, 0.2) is 10.6 Å². The summed E-state index contributed by atoms with van der Waals surface area (Å²) in [5.41, 5.74) is 5.28. The van der Waals surface area contributed by atoms with Crippen LogP contribution in [0.25, 0.3) is 0 Å². The van der Waals surface area contributed by atoms with Crippen LogP contribution in [0.2, 0.25) is 0 Å². The smallest absolute Gasteiger partial charge is 0.543 e. The Bertz CT molecular complexity index is 510. The van der Waals surface area contributed by atoms with Gasteiger partial charge in [0.1, 0.15) is 6.04 Å². The molecule has 0 unspecified atom stereocenters. The summed E-state index contributed by atoms with van der Waals surface area (Å²) < 4.78 is 0. The molecule has 2 aliphatic rings. The van der Waals surface area contributed by atoms with Gasteiger partial charge in [-0.05, 0) is 6.42 Å². The van der Waals surface area contributed by atoms with E-state index in [0.717, 1.165) is 11.8 Å². The third kappa shape index (κ3) is 3.29. The number of fused-ring (bicyclic) bond motifs is 1. The van der Waals surface area contributed by atoms with Crippen molar-refractivity contribution in [2.45, 2.75) is 31.8 Å². The number of rotatable bonds is 6. The molecule has 0 aliphatic carbocycles. The molecule has 1 amide bonds. The second kappa shape index (κ2) is 7.15. The summed E-state index contributed by atoms with van der Waals surface area (Å²) >= 11 is 1.08. The van der Waals surface area contributed by atoms with Crippen molar-refractivity contribution in [2.75, 3.05) is 5.75 Å². The molecule has 110 valence electrons. The Hall–Kier alpha value is -0.540. The van der Waals surface area contributed by atoms with Gasteiger partial charge in [0.25, 0.3) is 0 Å². The van der Waals surface area contributed by atoms with Crippen molar-refractivity contribution >= 4 is 29.6 Å². The zero-order valence-corrected chi connectivity index (χ0v) is 14.7. The summed E-state index contributed by atoms with van der Waals surface area (Å²) in [6, 6.07) is -1.20. The third-order valence-electron chi connectivity index (χ3n) is 3.64. The maximum Gasteiger partial charge on any atom is 1.00 e. The minimum atomic E-state index is -1.40. The predicted octanol–water partition coefficient (Wildman–Crippen LogP) is -4.26. The minimum absolute atomic E-state index is 0. The fourth-order valence-corrected chi connectivity index (χ4v) is 3.71. The van der Waals surface area contributed by atoms with Gasteiger partial charge in [-0.25, -0.2) is 0 Å². The summed E-state index contributed by atoms with van der Waals surface area (Å²) in [5, 5.41) is 19.9. The van der Waals surface area contributed by atoms with Crippen molar-refractivity contribution in [1.82, 2.24) is 4.90 Å². The Kier molecular flexibility index (Phi) is 6.30. The Morgan fingerprint density at radius 2 is 2.19 bits per heavy atom. The van der Waals surface area contributed by atoms with Crippen molar-refractivity contribution in [2.24, 2.45) is 11.7 Å². The molecule has 0 aromatic carbocycles. The van der Waals surface area contributed by atoms with Crippen molar-refractivity contribution in [3.8, 4) is 0 Å². The molecule has 1 fully saturated rings. The van der Waals surface area contributed by atoms with Gasteiger partial charge in [-0.3, -0.25) is 9.59 Å². The van der Waals surface area contributed by atoms with Crippen LogP contribution in [0.1, 0.15) is 19.8 Å². The average Bonchev–Trinajstić information content (AvgIpc) is 2.71. The van der Waals surface area contributed by atoms with Gasteiger partial charge >= 0.3 is 35.5 Å². The van der Waals surface area contributed by atoms with Gasteiger partial charge in [0, 0.05) is 17.1 Å². The number of carboxylic acids is 2. The molecule has 0 saturated carbocycles. The Morgan fingerprint density at radius 3 is 2.67 bits per heavy atom. The molecular weight excluding hydrogens is 307 g/mol. The fourth-order valence-electron chi connectivity index (χ4n) is 2.58. The van der Waals surface area contributed by atoms with Crippen LogP contribution < -0.4 is 40.4 Å². The van der Waals surface area contributed by atoms with Gasteiger partial charge in [0.2, 0.25) is 5.91 Å². The van der Waals surface area contributed by atoms with Crippen LogP contribution in [0.4, 0.5) is 0 Å². The molecule has 9 heteroatoms. The van der Waals surface area contributed by atoms with Crippen molar-refractivity contribution in [3.63, 3.8) is 0 Å². The van der Waals surface area contributed by atoms with E-state index in [1.54, 1.807) is 0 Å². The first-order valence-corrected chi connectivity index (χ1v) is 7.25. The number of carbonyl (C=O) groups is 3. The molecule has 0 aromatic rings. The Morgan fingerprint density at radius 1 is 1.57 bits per heavy atom. The number of hydrogen-bond donors (Lipinski definition) is 2. The summed E-state index contributed by atoms with van der Waals surface area (Å²) in [6.07, 6.45) is 1.09. The van der Waals surface area contributed by atoms with E-state index >= 15 is 0 Å². The summed E-state index contributed by atoms with van der Waals surface area (Å²) in [7, 11) is 0. The average molecular weight is 322 g/mol. The number of nitrogens with zero attached hydrogens (tertiary/aromatic N) is 1. The van der Waals surface area contributed by atoms with Crippen molar-refractivity contribution in [3.05, 3.63) is 10.6 Å². The zero-order chi connectivity index (χ0) is 15.0. The molecule has 0 bridgehead atoms. The molecule has 21 heavy (non-hydrogen) atoms. The van der Waals surface area contributed by atoms with Crippen molar-refractivity contribution < 1.29 is 54.2 Å². The van der Waals surface area contributed by atoms with Crippen molar-refractivity contribution in [1.29, 1.82) is 0 Å². The molecule has 2 heterocycles. The predicted molar refractivity (Wildman–Crippen MR) is 69.1 cm³/mol. The molecular formula is C12H15N2NaO5S. The van der Waals surface area contributed by atoms with Crippen LogP contribution in [-0.4, -0.2) is 45.7 Å². The third-order valence-corrected chi connectivity index (χ3v) is 4.87. The normalized spacial score (nSPS) is 25.0. The van der Waals surface area contributed by atoms with Crippen LogP contribution in [0, 0.1) is 5.92 Å². The number of β-lactam (4-membered cyclic amide) rings is 1. The molecule has 3 N–H and O–H groups in total. The van der Waals surface area contributed by atoms with Gasteiger partial charge in [-0.1, -0.05) is 6.92 Å². The van der Waals surface area contributed by atoms with E-state index in [9.17, 15) is 19.5 Å². The summed E-state index contributed by atoms with van der Waals surface area (Å²) in [5.74, 6) is -2.84. The standard InChI is InChI=1S/C12H16N2O5S.Na/c1-2-5-7-3-8(20-4-6(13)11(16)17)9(12(18)19)14(7)10(5)15;/h5-7H,2-4,13H2,1H3,(H,16,17)(H,18,19);/q;+1/p-1/t5-,6-,7+;/m0./s1. The van der Waals surface area contributed by atoms with E-state index in [1.165, 1.54) is 4.90 Å². The zero-order valence-electron chi connectivity index (χ0n) is 11.9. The first kappa shape index (κ1) is 18.5. The van der Waals surface area contributed by atoms with E-state index in [-0.39, 0.29) is 58.9 Å². The van der Waals surface area contributed by atoms with Crippen LogP contribution in [0.3, 0.4) is 0 Å². The molecule has 7 nitrogen and oxygen atoms in total. The van der Waals surface area contributed by atoms with Gasteiger partial charge in [-0.15, -0.1) is 11.8 Å². The van der Waals surface area contributed by atoms with Gasteiger partial charge in [-0.2, -0.15) is 0 Å². The molecule has 0 radical (unpaired) electrons. The van der Waals surface area contributed by atoms with Crippen LogP contribution in [-0.2, 0) is 14.4 Å². The maximum atomic E-state index is 11.9. The molecule has 2 rings (SSSR count). The van der Waals surface area contributed by atoms with Crippen LogP contribution >= 0.6 is 11.8 Å². The number of hydrogen-bond acceptors (Lipinski definition) is 6. The molecule has 1 saturated heterocycles. The Balaban J connectivity index is 0.00000220. The van der Waals surface area contributed by atoms with E-state index in [1.807, 2.05) is 6.92 Å². The van der Waals surface area contributed by atoms with Gasteiger partial charge in [0.15, 0.2) is 0 Å². The van der Waals surface area contributed by atoms with Crippen LogP contribution in [0.5, 0.6) is 0 Å². The maximum absolute atomic E-state index is 11.9. The van der Waals surface area contributed by atoms with E-state index in [0.29, 0.717) is 17.7 Å². The quantitative estimate of drug-likeness (QED) is 0.375. The van der Waals surface area contributed by atoms with E-state index in [4.69, 9.17) is 10.8 Å². The number of carboxylic acid groups (broad SMARTS) is 2. The van der Waals surface area contributed by atoms with E-state index in [2.05, 4.69) is 0 Å². The summed E-state index contributed by atoms with van der Waals surface area (Å²) in [6.45, 7) is 1.88.